The van der Waals surface area contributed by atoms with Gasteiger partial charge in [-0.3, -0.25) is 9.69 Å². The van der Waals surface area contributed by atoms with E-state index in [2.05, 4.69) is 15.5 Å². The molecule has 174 valence electrons. The summed E-state index contributed by atoms with van der Waals surface area (Å²) in [5, 5.41) is 16.8. The highest BCUT2D eigenvalue weighted by Gasteiger charge is 2.21. The van der Waals surface area contributed by atoms with Crippen molar-refractivity contribution in [3.8, 4) is 0 Å². The number of morpholine rings is 1. The molecular formula is C24H31Cl2N3O3. The van der Waals surface area contributed by atoms with Crippen molar-refractivity contribution in [3.63, 3.8) is 0 Å². The van der Waals surface area contributed by atoms with Gasteiger partial charge in [-0.1, -0.05) is 48.3 Å². The molecule has 1 amide bonds. The van der Waals surface area contributed by atoms with Gasteiger partial charge in [-0.05, 0) is 48.2 Å². The molecule has 1 saturated heterocycles. The molecule has 1 aliphatic rings. The van der Waals surface area contributed by atoms with Crippen molar-refractivity contribution in [2.24, 2.45) is 0 Å². The van der Waals surface area contributed by atoms with Crippen LogP contribution < -0.4 is 10.6 Å². The lowest BCUT2D eigenvalue weighted by atomic mass is 10.1. The first-order valence-electron chi connectivity index (χ1n) is 11.0. The highest BCUT2D eigenvalue weighted by Crippen LogP contribution is 2.23. The SMILES string of the molecule is CCC(O)Nc1ccc(CCC(=O)NC[C@H]2CN(Cc3ccc(Cl)c(Cl)c3)CCO2)cc1. The Morgan fingerprint density at radius 2 is 1.94 bits per heavy atom. The van der Waals surface area contributed by atoms with E-state index >= 15 is 0 Å². The highest BCUT2D eigenvalue weighted by atomic mass is 35.5. The largest absolute Gasteiger partial charge is 0.374 e. The average molecular weight is 480 g/mol. The van der Waals surface area contributed by atoms with Gasteiger partial charge in [0.1, 0.15) is 6.23 Å². The number of ether oxygens (including phenoxy) is 1. The third-order valence-corrected chi connectivity index (χ3v) is 6.19. The van der Waals surface area contributed by atoms with Crippen molar-refractivity contribution in [3.05, 3.63) is 63.6 Å². The van der Waals surface area contributed by atoms with Crippen LogP contribution in [0.1, 0.15) is 30.9 Å². The number of hydrogen-bond acceptors (Lipinski definition) is 5. The van der Waals surface area contributed by atoms with Gasteiger partial charge in [-0.2, -0.15) is 0 Å². The second kappa shape index (κ2) is 12.4. The Balaban J connectivity index is 1.38. The number of hydrogen-bond donors (Lipinski definition) is 3. The van der Waals surface area contributed by atoms with Crippen LogP contribution in [0.25, 0.3) is 0 Å². The summed E-state index contributed by atoms with van der Waals surface area (Å²) in [6, 6.07) is 13.5. The Kier molecular flexibility index (Phi) is 9.63. The number of benzene rings is 2. The second-order valence-electron chi connectivity index (χ2n) is 8.05. The lowest BCUT2D eigenvalue weighted by Gasteiger charge is -2.33. The maximum absolute atomic E-state index is 12.3. The Morgan fingerprint density at radius 1 is 1.19 bits per heavy atom. The lowest BCUT2D eigenvalue weighted by Crippen LogP contribution is -2.47. The molecule has 2 aromatic carbocycles. The summed E-state index contributed by atoms with van der Waals surface area (Å²) in [5.41, 5.74) is 3.06. The van der Waals surface area contributed by atoms with Crippen molar-refractivity contribution in [1.29, 1.82) is 0 Å². The molecule has 32 heavy (non-hydrogen) atoms. The van der Waals surface area contributed by atoms with E-state index in [9.17, 15) is 9.90 Å². The maximum atomic E-state index is 12.3. The fraction of sp³-hybridized carbons (Fsp3) is 0.458. The van der Waals surface area contributed by atoms with Crippen LogP contribution in [0.3, 0.4) is 0 Å². The van der Waals surface area contributed by atoms with E-state index in [1.54, 1.807) is 0 Å². The molecule has 0 aliphatic carbocycles. The molecule has 1 aliphatic heterocycles. The molecule has 0 saturated carbocycles. The quantitative estimate of drug-likeness (QED) is 0.447. The molecule has 8 heteroatoms. The molecule has 3 N–H and O–H groups in total. The summed E-state index contributed by atoms with van der Waals surface area (Å²) in [5.74, 6) is 0.0128. The van der Waals surface area contributed by atoms with E-state index in [0.29, 0.717) is 42.5 Å². The van der Waals surface area contributed by atoms with E-state index in [4.69, 9.17) is 27.9 Å². The van der Waals surface area contributed by atoms with Crippen molar-refractivity contribution in [1.82, 2.24) is 10.2 Å². The number of anilines is 1. The fourth-order valence-corrected chi connectivity index (χ4v) is 3.90. The zero-order valence-corrected chi connectivity index (χ0v) is 19.8. The van der Waals surface area contributed by atoms with Crippen LogP contribution in [0.5, 0.6) is 0 Å². The predicted molar refractivity (Wildman–Crippen MR) is 129 cm³/mol. The van der Waals surface area contributed by atoms with Gasteiger partial charge in [0.25, 0.3) is 0 Å². The molecule has 1 fully saturated rings. The highest BCUT2D eigenvalue weighted by molar-refractivity contribution is 6.42. The van der Waals surface area contributed by atoms with Gasteiger partial charge in [0.2, 0.25) is 5.91 Å². The number of amides is 1. The van der Waals surface area contributed by atoms with E-state index in [0.717, 1.165) is 36.4 Å². The van der Waals surface area contributed by atoms with Crippen LogP contribution in [0.2, 0.25) is 10.0 Å². The molecule has 0 bridgehead atoms. The molecule has 0 spiro atoms. The standard InChI is InChI=1S/C24H31Cl2N3O3/c1-2-23(30)28-19-7-3-17(4-8-19)6-10-24(31)27-14-20-16-29(11-12-32-20)15-18-5-9-21(25)22(26)13-18/h3-5,7-9,13,20,23,28,30H,2,6,10-12,14-16H2,1H3,(H,27,31)/t20-,23?/m0/s1. The number of nitrogens with one attached hydrogen (secondary N) is 2. The molecule has 3 rings (SSSR count). The monoisotopic (exact) mass is 479 g/mol. The maximum Gasteiger partial charge on any atom is 0.220 e. The fourth-order valence-electron chi connectivity index (χ4n) is 3.58. The molecule has 1 heterocycles. The minimum Gasteiger partial charge on any atom is -0.374 e. The van der Waals surface area contributed by atoms with Crippen LogP contribution in [-0.4, -0.2) is 54.5 Å². The number of aliphatic hydroxyl groups excluding tert-OH is 1. The first-order valence-corrected chi connectivity index (χ1v) is 11.8. The van der Waals surface area contributed by atoms with Crippen molar-refractivity contribution in [2.75, 3.05) is 31.6 Å². The molecule has 1 unspecified atom stereocenters. The third kappa shape index (κ3) is 7.94. The normalized spacial score (nSPS) is 17.7. The number of rotatable bonds is 10. The average Bonchev–Trinajstić information content (AvgIpc) is 2.80. The number of halogens is 2. The Hall–Kier alpha value is -1.83. The molecule has 0 aromatic heterocycles. The summed E-state index contributed by atoms with van der Waals surface area (Å²) in [6.07, 6.45) is 1.14. The van der Waals surface area contributed by atoms with E-state index in [1.807, 2.05) is 49.4 Å². The van der Waals surface area contributed by atoms with Gasteiger partial charge in [0.05, 0.1) is 22.8 Å². The van der Waals surface area contributed by atoms with Crippen LogP contribution in [-0.2, 0) is 22.5 Å². The minimum atomic E-state index is -0.548. The summed E-state index contributed by atoms with van der Waals surface area (Å²) in [7, 11) is 0. The zero-order chi connectivity index (χ0) is 22.9. The molecule has 2 atom stereocenters. The van der Waals surface area contributed by atoms with Gasteiger partial charge in [0, 0.05) is 38.3 Å². The van der Waals surface area contributed by atoms with Crippen molar-refractivity contribution < 1.29 is 14.6 Å². The minimum absolute atomic E-state index is 0.0128. The van der Waals surface area contributed by atoms with Crippen LogP contribution in [0.4, 0.5) is 5.69 Å². The number of aryl methyl sites for hydroxylation is 1. The second-order valence-corrected chi connectivity index (χ2v) is 8.86. The Morgan fingerprint density at radius 3 is 2.66 bits per heavy atom. The molecule has 2 aromatic rings. The van der Waals surface area contributed by atoms with Gasteiger partial charge in [0.15, 0.2) is 0 Å². The number of carbonyl (C=O) groups is 1. The molecular weight excluding hydrogens is 449 g/mol. The summed E-state index contributed by atoms with van der Waals surface area (Å²) >= 11 is 12.1. The van der Waals surface area contributed by atoms with Gasteiger partial charge in [-0.25, -0.2) is 0 Å². The van der Waals surface area contributed by atoms with E-state index in [-0.39, 0.29) is 12.0 Å². The van der Waals surface area contributed by atoms with Gasteiger partial charge in [-0.15, -0.1) is 0 Å². The van der Waals surface area contributed by atoms with Gasteiger partial charge >= 0.3 is 0 Å². The summed E-state index contributed by atoms with van der Waals surface area (Å²) in [6.45, 7) is 5.40. The topological polar surface area (TPSA) is 73.8 Å². The van der Waals surface area contributed by atoms with Crippen molar-refractivity contribution >= 4 is 34.8 Å². The predicted octanol–water partition coefficient (Wildman–Crippen LogP) is 4.08. The van der Waals surface area contributed by atoms with Crippen LogP contribution in [0.15, 0.2) is 42.5 Å². The first kappa shape index (κ1) is 24.8. The lowest BCUT2D eigenvalue weighted by molar-refractivity contribution is -0.122. The zero-order valence-electron chi connectivity index (χ0n) is 18.3. The van der Waals surface area contributed by atoms with Gasteiger partial charge < -0.3 is 20.5 Å². The Bertz CT molecular complexity index is 879. The van der Waals surface area contributed by atoms with E-state index < -0.39 is 6.23 Å². The number of carbonyl (C=O) groups excluding carboxylic acids is 1. The van der Waals surface area contributed by atoms with Crippen molar-refractivity contribution in [2.45, 2.75) is 45.1 Å². The smallest absolute Gasteiger partial charge is 0.220 e. The van der Waals surface area contributed by atoms with Crippen LogP contribution >= 0.6 is 23.2 Å². The molecule has 0 radical (unpaired) electrons. The first-order chi connectivity index (χ1) is 15.4. The molecule has 6 nitrogen and oxygen atoms in total. The van der Waals surface area contributed by atoms with E-state index in [1.165, 1.54) is 0 Å². The summed E-state index contributed by atoms with van der Waals surface area (Å²) in [4.78, 5) is 14.6. The number of nitrogens with zero attached hydrogens (tertiary/aromatic N) is 1. The summed E-state index contributed by atoms with van der Waals surface area (Å²) < 4.78 is 5.82. The Labute approximate surface area is 199 Å². The van der Waals surface area contributed by atoms with Crippen LogP contribution in [0, 0.1) is 0 Å². The number of aliphatic hydroxyl groups is 1. The third-order valence-electron chi connectivity index (χ3n) is 5.45.